The first-order valence-corrected chi connectivity index (χ1v) is 10.8. The number of β-amino-alcohol motifs (C(OH)–C–C–N with tert-alkyl or cyclic N) is 1. The molecule has 1 aliphatic rings. The lowest BCUT2D eigenvalue weighted by Crippen LogP contribution is -2.45. The number of ether oxygens (including phenoxy) is 1. The zero-order valence-electron chi connectivity index (χ0n) is 17.2. The van der Waals surface area contributed by atoms with Crippen LogP contribution in [0.1, 0.15) is 18.5 Å². The number of halogens is 7. The van der Waals surface area contributed by atoms with Gasteiger partial charge in [0.15, 0.2) is 0 Å². The Labute approximate surface area is 196 Å². The zero-order valence-corrected chi connectivity index (χ0v) is 18.7. The molecular weight excluding hydrogens is 494 g/mol. The molecule has 2 heterocycles. The van der Waals surface area contributed by atoms with Crippen LogP contribution in [0.15, 0.2) is 41.2 Å². The zero-order chi connectivity index (χ0) is 24.4. The van der Waals surface area contributed by atoms with Crippen LogP contribution in [-0.4, -0.2) is 52.6 Å². The van der Waals surface area contributed by atoms with Crippen LogP contribution in [0.5, 0.6) is 5.75 Å². The van der Waals surface area contributed by atoms with Crippen LogP contribution < -0.4 is 10.3 Å². The molecule has 1 aliphatic heterocycles. The SMILES string of the molecule is O=c1cccc(C(F)(F)C(F)(F)F)n1C[C@H](O)CN1CCC(Oc2ccc(Cl)c(Cl)c2)CC1. The maximum absolute atomic E-state index is 13.9. The highest BCUT2D eigenvalue weighted by atomic mass is 35.5. The monoisotopic (exact) mass is 514 g/mol. The van der Waals surface area contributed by atoms with Gasteiger partial charge in [-0.2, -0.15) is 22.0 Å². The van der Waals surface area contributed by atoms with Gasteiger partial charge < -0.3 is 19.3 Å². The van der Waals surface area contributed by atoms with E-state index in [2.05, 4.69) is 0 Å². The number of hydrogen-bond donors (Lipinski definition) is 1. The second kappa shape index (κ2) is 10.2. The van der Waals surface area contributed by atoms with Gasteiger partial charge in [0.2, 0.25) is 0 Å². The van der Waals surface area contributed by atoms with Crippen molar-refractivity contribution in [1.82, 2.24) is 9.47 Å². The highest BCUT2D eigenvalue weighted by molar-refractivity contribution is 6.42. The minimum absolute atomic E-state index is 0.00213. The van der Waals surface area contributed by atoms with Gasteiger partial charge in [-0.15, -0.1) is 0 Å². The van der Waals surface area contributed by atoms with Crippen molar-refractivity contribution in [1.29, 1.82) is 0 Å². The third-order valence-electron chi connectivity index (χ3n) is 5.32. The number of pyridine rings is 1. The quantitative estimate of drug-likeness (QED) is 0.543. The molecule has 0 amide bonds. The van der Waals surface area contributed by atoms with E-state index in [0.717, 1.165) is 12.1 Å². The fourth-order valence-electron chi connectivity index (χ4n) is 3.65. The van der Waals surface area contributed by atoms with Gasteiger partial charge in [-0.25, -0.2) is 0 Å². The lowest BCUT2D eigenvalue weighted by molar-refractivity contribution is -0.292. The van der Waals surface area contributed by atoms with Crippen LogP contribution in [0.4, 0.5) is 22.0 Å². The summed E-state index contributed by atoms with van der Waals surface area (Å²) in [5, 5.41) is 11.1. The molecule has 1 fully saturated rings. The van der Waals surface area contributed by atoms with Crippen LogP contribution in [-0.2, 0) is 12.5 Å². The maximum Gasteiger partial charge on any atom is 0.459 e. The van der Waals surface area contributed by atoms with Crippen molar-refractivity contribution >= 4 is 23.2 Å². The van der Waals surface area contributed by atoms with E-state index >= 15 is 0 Å². The fourth-order valence-corrected chi connectivity index (χ4v) is 3.93. The number of likely N-dealkylation sites (tertiary alicyclic amines) is 1. The molecule has 182 valence electrons. The number of nitrogens with zero attached hydrogens (tertiary/aromatic N) is 2. The maximum atomic E-state index is 13.9. The van der Waals surface area contributed by atoms with E-state index in [0.29, 0.717) is 47.8 Å². The molecule has 0 bridgehead atoms. The van der Waals surface area contributed by atoms with E-state index in [9.17, 15) is 31.9 Å². The summed E-state index contributed by atoms with van der Waals surface area (Å²) in [7, 11) is 0. The highest BCUT2D eigenvalue weighted by Gasteiger charge is 2.60. The predicted octanol–water partition coefficient (Wildman–Crippen LogP) is 4.71. The first-order chi connectivity index (χ1) is 15.4. The molecule has 33 heavy (non-hydrogen) atoms. The Morgan fingerprint density at radius 2 is 1.70 bits per heavy atom. The normalized spacial score (nSPS) is 17.2. The molecule has 3 rings (SSSR count). The Morgan fingerprint density at radius 3 is 2.30 bits per heavy atom. The molecule has 5 nitrogen and oxygen atoms in total. The molecule has 1 saturated heterocycles. The number of benzene rings is 1. The topological polar surface area (TPSA) is 54.7 Å². The standard InChI is InChI=1S/C21H21Cl2F5N2O3/c22-16-5-4-15(10-17(16)23)33-14-6-8-29(9-7-14)11-13(31)12-30-18(2-1-3-19(30)32)20(24,25)21(26,27)28/h1-5,10,13-14,31H,6-9,11-12H2/t13-/m1/s1. The minimum atomic E-state index is -5.87. The largest absolute Gasteiger partial charge is 0.490 e. The molecule has 0 saturated carbocycles. The average Bonchev–Trinajstić information content (AvgIpc) is 2.72. The van der Waals surface area contributed by atoms with E-state index < -0.39 is 36.0 Å². The second-order valence-corrected chi connectivity index (χ2v) is 8.59. The number of hydrogen-bond acceptors (Lipinski definition) is 4. The lowest BCUT2D eigenvalue weighted by Gasteiger charge is -2.33. The van der Waals surface area contributed by atoms with Crippen molar-refractivity contribution in [2.45, 2.75) is 43.7 Å². The van der Waals surface area contributed by atoms with E-state index in [1.54, 1.807) is 18.2 Å². The number of aliphatic hydroxyl groups is 1. The van der Waals surface area contributed by atoms with Crippen molar-refractivity contribution in [2.75, 3.05) is 19.6 Å². The Hall–Kier alpha value is -1.88. The summed E-state index contributed by atoms with van der Waals surface area (Å²) in [4.78, 5) is 13.8. The Kier molecular flexibility index (Phi) is 7.93. The summed E-state index contributed by atoms with van der Waals surface area (Å²) in [6.07, 6.45) is -6.14. The van der Waals surface area contributed by atoms with Gasteiger partial charge in [-0.1, -0.05) is 29.3 Å². The van der Waals surface area contributed by atoms with Crippen molar-refractivity contribution in [3.05, 3.63) is 62.5 Å². The van der Waals surface area contributed by atoms with E-state index in [4.69, 9.17) is 27.9 Å². The van der Waals surface area contributed by atoms with Crippen molar-refractivity contribution < 1.29 is 31.8 Å². The Morgan fingerprint density at radius 1 is 1.03 bits per heavy atom. The third kappa shape index (κ3) is 6.17. The number of rotatable bonds is 7. The minimum Gasteiger partial charge on any atom is -0.490 e. The number of alkyl halides is 5. The van der Waals surface area contributed by atoms with Crippen molar-refractivity contribution in [3.63, 3.8) is 0 Å². The smallest absolute Gasteiger partial charge is 0.459 e. The summed E-state index contributed by atoms with van der Waals surface area (Å²) in [5.41, 5.74) is -2.56. The third-order valence-corrected chi connectivity index (χ3v) is 6.06. The van der Waals surface area contributed by atoms with E-state index in [-0.39, 0.29) is 17.2 Å². The van der Waals surface area contributed by atoms with Crippen LogP contribution in [0.25, 0.3) is 0 Å². The summed E-state index contributed by atoms with van der Waals surface area (Å²) in [6.45, 7) is 0.300. The molecule has 1 aromatic heterocycles. The van der Waals surface area contributed by atoms with Gasteiger partial charge >= 0.3 is 12.1 Å². The van der Waals surface area contributed by atoms with E-state index in [1.807, 2.05) is 4.90 Å². The fraction of sp³-hybridized carbons (Fsp3) is 0.476. The van der Waals surface area contributed by atoms with Crippen LogP contribution >= 0.6 is 23.2 Å². The number of aromatic nitrogens is 1. The molecule has 1 atom stereocenters. The van der Waals surface area contributed by atoms with Gasteiger partial charge in [0.25, 0.3) is 5.56 Å². The van der Waals surface area contributed by atoms with Gasteiger partial charge in [-0.3, -0.25) is 4.79 Å². The average molecular weight is 515 g/mol. The Bertz CT molecular complexity index is 1020. The molecule has 1 N–H and O–H groups in total. The van der Waals surface area contributed by atoms with Gasteiger partial charge in [0, 0.05) is 31.8 Å². The van der Waals surface area contributed by atoms with E-state index in [1.165, 1.54) is 0 Å². The van der Waals surface area contributed by atoms with Crippen LogP contribution in [0.2, 0.25) is 10.0 Å². The molecule has 0 unspecified atom stereocenters. The summed E-state index contributed by atoms with van der Waals surface area (Å²) >= 11 is 11.9. The molecule has 12 heteroatoms. The molecule has 0 aliphatic carbocycles. The van der Waals surface area contributed by atoms with Gasteiger partial charge in [-0.05, 0) is 31.0 Å². The second-order valence-electron chi connectivity index (χ2n) is 7.78. The first-order valence-electron chi connectivity index (χ1n) is 10.1. The summed E-state index contributed by atoms with van der Waals surface area (Å²) in [5.74, 6) is -4.67. The molecule has 1 aromatic carbocycles. The van der Waals surface area contributed by atoms with Gasteiger partial charge in [0.1, 0.15) is 17.5 Å². The van der Waals surface area contributed by atoms with Gasteiger partial charge in [0.05, 0.1) is 22.7 Å². The lowest BCUT2D eigenvalue weighted by atomic mass is 10.1. The first kappa shape index (κ1) is 25.7. The summed E-state index contributed by atoms with van der Waals surface area (Å²) in [6, 6.07) is 7.15. The molecule has 2 aromatic rings. The highest BCUT2D eigenvalue weighted by Crippen LogP contribution is 2.43. The molecule has 0 spiro atoms. The number of aliphatic hydroxyl groups excluding tert-OH is 1. The van der Waals surface area contributed by atoms with Crippen LogP contribution in [0, 0.1) is 0 Å². The van der Waals surface area contributed by atoms with Crippen molar-refractivity contribution in [3.8, 4) is 5.75 Å². The van der Waals surface area contributed by atoms with Crippen LogP contribution in [0.3, 0.4) is 0 Å². The predicted molar refractivity (Wildman–Crippen MR) is 113 cm³/mol. The molecular formula is C21H21Cl2F5N2O3. The molecule has 0 radical (unpaired) electrons. The number of piperidine rings is 1. The van der Waals surface area contributed by atoms with Crippen molar-refractivity contribution in [2.24, 2.45) is 0 Å². The Balaban J connectivity index is 1.59. The summed E-state index contributed by atoms with van der Waals surface area (Å²) < 4.78 is 72.3.